The third-order valence-electron chi connectivity index (χ3n) is 4.46. The Labute approximate surface area is 145 Å². The maximum atomic E-state index is 12.8. The van der Waals surface area contributed by atoms with Gasteiger partial charge in [0.15, 0.2) is 5.60 Å². The second-order valence-electron chi connectivity index (χ2n) is 8.51. The van der Waals surface area contributed by atoms with E-state index in [0.29, 0.717) is 26.1 Å². The number of likely N-dealkylation sites (tertiary alicyclic amines) is 1. The number of hydrogen-bond donors (Lipinski definition) is 1. The summed E-state index contributed by atoms with van der Waals surface area (Å²) >= 11 is 0. The molecule has 6 nitrogen and oxygen atoms in total. The number of piperidine rings is 1. The summed E-state index contributed by atoms with van der Waals surface area (Å²) in [6.45, 7) is 10.8. The number of carbonyl (C=O) groups excluding carboxylic acids is 1. The van der Waals surface area contributed by atoms with Crippen LogP contribution in [-0.4, -0.2) is 62.9 Å². The largest absolute Gasteiger partial charge is 0.379 e. The average Bonchev–Trinajstić information content (AvgIpc) is 2.71. The van der Waals surface area contributed by atoms with E-state index in [2.05, 4.69) is 25.9 Å². The van der Waals surface area contributed by atoms with Crippen molar-refractivity contribution in [3.8, 4) is 0 Å². The van der Waals surface area contributed by atoms with E-state index in [4.69, 9.17) is 0 Å². The van der Waals surface area contributed by atoms with Crippen LogP contribution >= 0.6 is 0 Å². The molecule has 1 aromatic rings. The molecule has 1 aliphatic heterocycles. The second-order valence-corrected chi connectivity index (χ2v) is 8.51. The van der Waals surface area contributed by atoms with Gasteiger partial charge in [0.2, 0.25) is 0 Å². The number of amides is 1. The highest BCUT2D eigenvalue weighted by atomic mass is 16.3. The maximum absolute atomic E-state index is 12.8. The summed E-state index contributed by atoms with van der Waals surface area (Å²) in [4.78, 5) is 16.7. The van der Waals surface area contributed by atoms with Crippen molar-refractivity contribution in [3.05, 3.63) is 17.5 Å². The third-order valence-corrected chi connectivity index (χ3v) is 4.46. The normalized spacial score (nSPS) is 22.5. The Bertz CT molecular complexity index is 590. The fourth-order valence-electron chi connectivity index (χ4n) is 3.53. The third kappa shape index (κ3) is 4.57. The Morgan fingerprint density at radius 2 is 2.08 bits per heavy atom. The molecule has 24 heavy (non-hydrogen) atoms. The molecule has 1 saturated heterocycles. The molecule has 1 aliphatic rings. The van der Waals surface area contributed by atoms with Crippen LogP contribution < -0.4 is 0 Å². The number of likely N-dealkylation sites (N-methyl/N-ethyl adjacent to an activating group) is 1. The first kappa shape index (κ1) is 18.9. The lowest BCUT2D eigenvalue weighted by Gasteiger charge is -2.42. The molecule has 6 heteroatoms. The summed E-state index contributed by atoms with van der Waals surface area (Å²) in [6.07, 6.45) is 3.37. The van der Waals surface area contributed by atoms with Gasteiger partial charge < -0.3 is 10.0 Å². The quantitative estimate of drug-likeness (QED) is 0.886. The SMILES string of the molecule is Cc1nn(C)cc1CN(C)CC1(O)CCCN(CC(C)(C)C)C1=O. The molecule has 0 saturated carbocycles. The number of nitrogens with zero attached hydrogens (tertiary/aromatic N) is 4. The van der Waals surface area contributed by atoms with Crippen LogP contribution in [0.25, 0.3) is 0 Å². The molecule has 1 amide bonds. The summed E-state index contributed by atoms with van der Waals surface area (Å²) in [5.41, 5.74) is 0.861. The zero-order chi connectivity index (χ0) is 18.1. The molecule has 0 radical (unpaired) electrons. The topological polar surface area (TPSA) is 61.6 Å². The van der Waals surface area contributed by atoms with Crippen LogP contribution in [0.1, 0.15) is 44.9 Å². The fourth-order valence-corrected chi connectivity index (χ4v) is 3.53. The number of rotatable bonds is 5. The molecule has 2 rings (SSSR count). The lowest BCUT2D eigenvalue weighted by atomic mass is 9.88. The number of aryl methyl sites for hydroxylation is 2. The summed E-state index contributed by atoms with van der Waals surface area (Å²) in [5.74, 6) is -0.126. The molecular weight excluding hydrogens is 304 g/mol. The summed E-state index contributed by atoms with van der Waals surface area (Å²) in [7, 11) is 3.85. The Hall–Kier alpha value is -1.40. The molecule has 1 aromatic heterocycles. The van der Waals surface area contributed by atoms with Gasteiger partial charge in [-0.2, -0.15) is 5.10 Å². The first-order chi connectivity index (χ1) is 11.0. The van der Waals surface area contributed by atoms with Gasteiger partial charge in [-0.3, -0.25) is 14.4 Å². The summed E-state index contributed by atoms with van der Waals surface area (Å²) in [5, 5.41) is 15.3. The smallest absolute Gasteiger partial charge is 0.255 e. The van der Waals surface area contributed by atoms with Crippen LogP contribution in [0.2, 0.25) is 0 Å². The van der Waals surface area contributed by atoms with Crippen molar-refractivity contribution in [2.75, 3.05) is 26.7 Å². The number of hydrogen-bond acceptors (Lipinski definition) is 4. The Balaban J connectivity index is 2.03. The van der Waals surface area contributed by atoms with E-state index in [0.717, 1.165) is 24.2 Å². The van der Waals surface area contributed by atoms with Crippen LogP contribution in [0.15, 0.2) is 6.20 Å². The zero-order valence-corrected chi connectivity index (χ0v) is 16.0. The molecule has 1 atom stereocenters. The van der Waals surface area contributed by atoms with Gasteiger partial charge in [-0.05, 0) is 32.2 Å². The van der Waals surface area contributed by atoms with Crippen molar-refractivity contribution >= 4 is 5.91 Å². The molecule has 0 bridgehead atoms. The molecule has 1 fully saturated rings. The minimum atomic E-state index is -1.28. The highest BCUT2D eigenvalue weighted by Crippen LogP contribution is 2.27. The molecule has 1 unspecified atom stereocenters. The lowest BCUT2D eigenvalue weighted by Crippen LogP contribution is -2.59. The standard InChI is InChI=1S/C18H32N4O2/c1-14-15(11-21(6)19-14)10-20(5)13-18(24)8-7-9-22(16(18)23)12-17(2,3)4/h11,24H,7-10,12-13H2,1-6H3. The van der Waals surface area contributed by atoms with Crippen molar-refractivity contribution in [2.45, 2.75) is 52.7 Å². The van der Waals surface area contributed by atoms with E-state index in [-0.39, 0.29) is 11.3 Å². The van der Waals surface area contributed by atoms with Crippen molar-refractivity contribution in [1.29, 1.82) is 0 Å². The van der Waals surface area contributed by atoms with Crippen LogP contribution in [0, 0.1) is 12.3 Å². The van der Waals surface area contributed by atoms with Gasteiger partial charge in [0.1, 0.15) is 0 Å². The van der Waals surface area contributed by atoms with E-state index in [9.17, 15) is 9.90 Å². The maximum Gasteiger partial charge on any atom is 0.255 e. The number of carbonyl (C=O) groups is 1. The molecule has 0 aromatic carbocycles. The monoisotopic (exact) mass is 336 g/mol. The minimum Gasteiger partial charge on any atom is -0.379 e. The van der Waals surface area contributed by atoms with Crippen LogP contribution in [0.3, 0.4) is 0 Å². The van der Waals surface area contributed by atoms with Gasteiger partial charge in [0.05, 0.1) is 5.69 Å². The van der Waals surface area contributed by atoms with Crippen molar-refractivity contribution < 1.29 is 9.90 Å². The first-order valence-corrected chi connectivity index (χ1v) is 8.70. The van der Waals surface area contributed by atoms with Gasteiger partial charge in [-0.15, -0.1) is 0 Å². The van der Waals surface area contributed by atoms with E-state index < -0.39 is 5.60 Å². The van der Waals surface area contributed by atoms with Crippen LogP contribution in [0.5, 0.6) is 0 Å². The minimum absolute atomic E-state index is 0.0344. The predicted octanol–water partition coefficient (Wildman–Crippen LogP) is 1.56. The van der Waals surface area contributed by atoms with Crippen LogP contribution in [-0.2, 0) is 18.4 Å². The Morgan fingerprint density at radius 3 is 2.62 bits per heavy atom. The molecule has 136 valence electrons. The average molecular weight is 336 g/mol. The van der Waals surface area contributed by atoms with Gasteiger partial charge in [-0.25, -0.2) is 0 Å². The zero-order valence-electron chi connectivity index (χ0n) is 16.0. The first-order valence-electron chi connectivity index (χ1n) is 8.70. The van der Waals surface area contributed by atoms with E-state index in [1.165, 1.54) is 0 Å². The number of aliphatic hydroxyl groups is 1. The predicted molar refractivity (Wildman–Crippen MR) is 94.5 cm³/mol. The van der Waals surface area contributed by atoms with Crippen molar-refractivity contribution in [1.82, 2.24) is 19.6 Å². The lowest BCUT2D eigenvalue weighted by molar-refractivity contribution is -0.160. The molecule has 0 aliphatic carbocycles. The second kappa shape index (κ2) is 6.84. The van der Waals surface area contributed by atoms with Gasteiger partial charge in [0.25, 0.3) is 5.91 Å². The molecule has 0 spiro atoms. The summed E-state index contributed by atoms with van der Waals surface area (Å²) in [6, 6.07) is 0. The Morgan fingerprint density at radius 1 is 1.42 bits per heavy atom. The van der Waals surface area contributed by atoms with Crippen molar-refractivity contribution in [3.63, 3.8) is 0 Å². The fraction of sp³-hybridized carbons (Fsp3) is 0.778. The van der Waals surface area contributed by atoms with Gasteiger partial charge in [0, 0.05) is 45.0 Å². The van der Waals surface area contributed by atoms with E-state index in [1.807, 2.05) is 37.0 Å². The van der Waals surface area contributed by atoms with E-state index in [1.54, 1.807) is 4.68 Å². The highest BCUT2D eigenvalue weighted by Gasteiger charge is 2.43. The number of aromatic nitrogens is 2. The van der Waals surface area contributed by atoms with Gasteiger partial charge >= 0.3 is 0 Å². The van der Waals surface area contributed by atoms with Crippen LogP contribution in [0.4, 0.5) is 0 Å². The van der Waals surface area contributed by atoms with Gasteiger partial charge in [-0.1, -0.05) is 20.8 Å². The highest BCUT2D eigenvalue weighted by molar-refractivity contribution is 5.86. The molecule has 2 heterocycles. The Kier molecular flexibility index (Phi) is 5.40. The van der Waals surface area contributed by atoms with Crippen molar-refractivity contribution in [2.24, 2.45) is 12.5 Å². The molecule has 1 N–H and O–H groups in total. The summed E-state index contributed by atoms with van der Waals surface area (Å²) < 4.78 is 1.80. The molecular formula is C18H32N4O2. The van der Waals surface area contributed by atoms with E-state index >= 15 is 0 Å².